The van der Waals surface area contributed by atoms with Crippen molar-refractivity contribution in [3.63, 3.8) is 0 Å². The minimum Gasteiger partial charge on any atom is -0.394 e. The van der Waals surface area contributed by atoms with Crippen molar-refractivity contribution >= 4 is 28.8 Å². The monoisotopic (exact) mass is 1900 g/mol. The molecule has 14 rings (SSSR count). The molecule has 3 N–H and O–H groups in total. The highest BCUT2D eigenvalue weighted by atomic mass is 28.3. The highest BCUT2D eigenvalue weighted by molar-refractivity contribution is 7.22. The summed E-state index contributed by atoms with van der Waals surface area (Å²) in [5.74, 6) is 2.50. The second-order valence-corrected chi connectivity index (χ2v) is 52.4. The molecule has 12 aromatic rings. The molecule has 0 amide bonds. The van der Waals surface area contributed by atoms with Gasteiger partial charge in [-0.2, -0.15) is 0 Å². The lowest BCUT2D eigenvalue weighted by Gasteiger charge is -2.42. The van der Waals surface area contributed by atoms with E-state index in [9.17, 15) is 0 Å². The zero-order chi connectivity index (χ0) is 109. The normalized spacial score (nSPS) is 14.0. The highest BCUT2D eigenvalue weighted by Crippen LogP contribution is 2.59. The van der Waals surface area contributed by atoms with Crippen LogP contribution in [-0.2, 0) is 48.1 Å². The van der Waals surface area contributed by atoms with Crippen molar-refractivity contribution in [3.05, 3.63) is 381 Å². The number of fused-ring (bicyclic) bond motifs is 6. The minimum atomic E-state index is -2.53. The van der Waals surface area contributed by atoms with Gasteiger partial charge in [-0.1, -0.05) is 490 Å². The van der Waals surface area contributed by atoms with E-state index in [1.54, 1.807) is 20.8 Å². The molecule has 752 valence electrons. The van der Waals surface area contributed by atoms with Gasteiger partial charge in [0.15, 0.2) is 8.07 Å². The molecule has 139 heavy (non-hydrogen) atoms. The van der Waals surface area contributed by atoms with Crippen LogP contribution in [0.15, 0.2) is 303 Å². The van der Waals surface area contributed by atoms with Gasteiger partial charge >= 0.3 is 0 Å². The van der Waals surface area contributed by atoms with Gasteiger partial charge in [-0.25, -0.2) is 0 Å². The van der Waals surface area contributed by atoms with Crippen LogP contribution in [0.4, 0.5) is 0 Å². The number of hydrogen-bond acceptors (Lipinski definition) is 6. The molecule has 0 aromatic heterocycles. The van der Waals surface area contributed by atoms with Crippen LogP contribution in [0.1, 0.15) is 335 Å². The van der Waals surface area contributed by atoms with Crippen molar-refractivity contribution in [2.75, 3.05) is 67.4 Å². The van der Waals surface area contributed by atoms with E-state index in [2.05, 4.69) is 534 Å². The quantitative estimate of drug-likeness (QED) is 0.0662. The number of nitrogens with one attached hydrogen (secondary N) is 2. The molecular weight excluding hydrogens is 1700 g/mol. The number of rotatable bonds is 16. The molecule has 12 aromatic carbocycles. The Kier molecular flexibility index (Phi) is 39.8. The number of ether oxygens (including phenoxy) is 1. The summed E-state index contributed by atoms with van der Waals surface area (Å²) in [5.41, 5.74) is 23.9. The van der Waals surface area contributed by atoms with Gasteiger partial charge < -0.3 is 30.3 Å². The van der Waals surface area contributed by atoms with Gasteiger partial charge in [0.1, 0.15) is 0 Å². The van der Waals surface area contributed by atoms with Crippen LogP contribution in [0.3, 0.4) is 0 Å². The van der Waals surface area contributed by atoms with Crippen molar-refractivity contribution in [1.29, 1.82) is 0 Å². The molecule has 1 aliphatic heterocycles. The van der Waals surface area contributed by atoms with E-state index < -0.39 is 33.0 Å². The van der Waals surface area contributed by atoms with E-state index in [0.29, 0.717) is 12.1 Å². The summed E-state index contributed by atoms with van der Waals surface area (Å²) >= 11 is 0. The molecule has 0 fully saturated rings. The van der Waals surface area contributed by atoms with Crippen LogP contribution in [-0.4, -0.2) is 107 Å². The summed E-state index contributed by atoms with van der Waals surface area (Å²) in [4.78, 5) is 3.64. The van der Waals surface area contributed by atoms with E-state index >= 15 is 0 Å². The predicted molar refractivity (Wildman–Crippen MR) is 617 cm³/mol. The zero-order valence-electron chi connectivity index (χ0n) is 99.6. The van der Waals surface area contributed by atoms with E-state index in [1.807, 2.05) is 27.8 Å². The van der Waals surface area contributed by atoms with Crippen LogP contribution in [0.2, 0.25) is 0 Å². The summed E-state index contributed by atoms with van der Waals surface area (Å²) in [7, 11) is 1.60. The maximum Gasteiger partial charge on any atom is 0.181 e. The van der Waals surface area contributed by atoms with Gasteiger partial charge in [-0.15, -0.1) is 0 Å². The maximum absolute atomic E-state index is 8.30. The first-order valence-corrected chi connectivity index (χ1v) is 53.3. The first kappa shape index (κ1) is 108. The second-order valence-electron chi connectivity index (χ2n) is 48.8. The van der Waals surface area contributed by atoms with E-state index in [1.165, 1.54) is 126 Å². The molecule has 0 unspecified atom stereocenters. The van der Waals surface area contributed by atoms with Crippen LogP contribution in [0.5, 0.6) is 0 Å². The lowest BCUT2D eigenvalue weighted by Crippen LogP contribution is -2.75. The zero-order valence-corrected chi connectivity index (χ0v) is 94.6. The molecule has 0 saturated carbocycles. The molecule has 6 nitrogen and oxygen atoms in total. The van der Waals surface area contributed by atoms with E-state index in [-0.39, 0.29) is 63.2 Å². The van der Waals surface area contributed by atoms with Crippen LogP contribution in [0, 0.1) is 17.8 Å². The second kappa shape index (κ2) is 51.0. The van der Waals surface area contributed by atoms with Gasteiger partial charge in [0, 0.05) is 45.5 Å². The molecule has 1 aliphatic carbocycles. The number of nitrogens with zero attached hydrogens (tertiary/aromatic N) is 2. The third-order valence-corrected chi connectivity index (χ3v) is 29.9. The fraction of sp³-hybridized carbons (Fsp3) is 0.455. The summed E-state index contributed by atoms with van der Waals surface area (Å²) in [5, 5.41) is 19.9. The third kappa shape index (κ3) is 31.1. The Bertz CT molecular complexity index is 5210. The molecule has 0 spiro atoms. The number of hydrogen-bond donors (Lipinski definition) is 3. The van der Waals surface area contributed by atoms with Crippen LogP contribution in [0.25, 0.3) is 22.3 Å². The van der Waals surface area contributed by atoms with Gasteiger partial charge in [-0.3, -0.25) is 0 Å². The molecule has 7 heteroatoms. The number of aliphatic hydroxyl groups excluding tert-OH is 1. The molecule has 2 aliphatic rings. The number of benzene rings is 12. The Balaban J connectivity index is 0.000000274. The van der Waals surface area contributed by atoms with Crippen molar-refractivity contribution in [1.82, 2.24) is 20.4 Å². The molecule has 0 bridgehead atoms. The summed E-state index contributed by atoms with van der Waals surface area (Å²) in [6.07, 6.45) is 0. The Morgan fingerprint density at radius 1 is 0.302 bits per heavy atom. The first-order chi connectivity index (χ1) is 67.1. The number of likely N-dealkylation sites (N-methyl/N-ethyl adjacent to an activating group) is 4. The Morgan fingerprint density at radius 2 is 0.554 bits per heavy atom. The molecular formula is C132H188N4O2Si. The van der Waals surface area contributed by atoms with E-state index in [4.69, 9.17) is 18.1 Å². The van der Waals surface area contributed by atoms with Gasteiger partial charge in [0.2, 0.25) is 0 Å². The fourth-order valence-electron chi connectivity index (χ4n) is 18.5. The van der Waals surface area contributed by atoms with Gasteiger partial charge in [-0.05, 0) is 261 Å². The van der Waals surface area contributed by atoms with Crippen molar-refractivity contribution in [3.8, 4) is 22.3 Å². The Morgan fingerprint density at radius 3 is 0.835 bits per heavy atom. The maximum atomic E-state index is 8.30. The highest BCUT2D eigenvalue weighted by Gasteiger charge is 2.53. The summed E-state index contributed by atoms with van der Waals surface area (Å²) in [6, 6.07) is 113. The van der Waals surface area contributed by atoms with E-state index in [0.717, 1.165) is 30.8 Å². The molecule has 1 heterocycles. The topological polar surface area (TPSA) is 60.0 Å². The molecule has 0 saturated heterocycles. The largest absolute Gasteiger partial charge is 0.394 e. The minimum absolute atomic E-state index is 0.00206. The van der Waals surface area contributed by atoms with Crippen LogP contribution >= 0.6 is 0 Å². The fourth-order valence-corrected chi connectivity index (χ4v) is 24.6. The SMILES string of the molecule is CC(C)(C)OCCO.CC(C)(C)c1ccccc1C(c1ccccc1)(c1ccccc1)c1ccccc1C(C)(C)C.CC(C)(C)c1ccccc1C1(c2ccccc2C(C)(C)C)c2ccccc2-c2ccccc21.CC(C)(C)c1ccccc1[Si]1(c2ccccc2C(C)(C)C)c2ccccc2-c2ccccc21.CC(C)C.CC(C)C.CC(C)C.CNCCN(C)C(C)(C)C.[2H]C([2H])([2H])NCCN(C([2H])([2H])[2H])C(C)(C)C. The summed E-state index contributed by atoms with van der Waals surface area (Å²) < 4.78 is 48.1. The average molecular weight is 1900 g/mol. The van der Waals surface area contributed by atoms with Gasteiger partial charge in [0.05, 0.1) is 29.6 Å². The number of aliphatic hydroxyl groups is 1. The summed E-state index contributed by atoms with van der Waals surface area (Å²) in [6.45, 7) is 78.1. The van der Waals surface area contributed by atoms with Crippen molar-refractivity contribution in [2.45, 2.75) is 309 Å². The Labute approximate surface area is 859 Å². The lowest BCUT2D eigenvalue weighted by atomic mass is 9.59. The Hall–Kier alpha value is -9.38. The average Bonchev–Trinajstić information content (AvgIpc) is 1.53. The molecule has 0 radical (unpaired) electrons. The lowest BCUT2D eigenvalue weighted by molar-refractivity contribution is -0.0199. The van der Waals surface area contributed by atoms with Crippen LogP contribution < -0.4 is 31.4 Å². The van der Waals surface area contributed by atoms with Crippen molar-refractivity contribution in [2.24, 2.45) is 17.8 Å². The van der Waals surface area contributed by atoms with Gasteiger partial charge in [0.25, 0.3) is 0 Å². The standard InChI is InChI=1S/C33H34.C33H36.C32H34Si.2C8H20N2.C6H14O2.3C4H10/c1-31(2,3)27-19-11-13-21-29(27)33(30-22-14-12-20-28(30)32(4,5)6)25-17-9-7-15-23(25)24-16-8-10-18-26(24)33;1-31(2,3)27-21-13-15-23-29(27)33(25-17-9-7-10-18-25,26-19-11-8-12-20-26)30-24-16-14-22-28(30)32(4,5)6;1-31(2,3)25-17-9-13-21-29(25)33(30-22-14-10-18-26(30)32(4,5)6)27-19-11-7-15-23(27)24-16-8-12-20-28(24)33;2*1-8(2,3)10(5)7-6-9-4;1-6(2,3)8-5-4-7;3*1-4(2)3/h7-22H,1-6H3;7-24H,1-6H3;7-22H,1-6H3;2*9H,6-7H2,1-5H3;7H,4-5H2,1-3H3;3*4H,1-3H3/i;;;4D3,5D3;;;;;. The first-order valence-electron chi connectivity index (χ1n) is 54.3. The smallest absolute Gasteiger partial charge is 0.181 e. The third-order valence-electron chi connectivity index (χ3n) is 24.9. The van der Waals surface area contributed by atoms with Crippen molar-refractivity contribution < 1.29 is 18.1 Å². The molecule has 0 atom stereocenters. The predicted octanol–water partition coefficient (Wildman–Crippen LogP) is 30.6.